The molecule has 1 aromatic rings. The van der Waals surface area contributed by atoms with Gasteiger partial charge >= 0.3 is 6.09 Å². The van der Waals surface area contributed by atoms with Gasteiger partial charge in [0.1, 0.15) is 6.10 Å². The molecule has 1 aliphatic carbocycles. The number of benzene rings is 1. The maximum absolute atomic E-state index is 11.5. The van der Waals surface area contributed by atoms with Crippen molar-refractivity contribution in [1.29, 1.82) is 0 Å². The highest BCUT2D eigenvalue weighted by Gasteiger charge is 2.13. The SMILES string of the molecule is O=C(Nc1ccccc1)O[C@H]1C=CCCC1. The van der Waals surface area contributed by atoms with E-state index >= 15 is 0 Å². The molecule has 1 amide bonds. The number of nitrogens with one attached hydrogen (secondary N) is 1. The van der Waals surface area contributed by atoms with Crippen molar-refractivity contribution in [2.24, 2.45) is 0 Å². The number of para-hydroxylation sites is 1. The summed E-state index contributed by atoms with van der Waals surface area (Å²) in [6.45, 7) is 0. The molecule has 0 saturated heterocycles. The molecule has 1 N–H and O–H groups in total. The number of hydrogen-bond donors (Lipinski definition) is 1. The van der Waals surface area contributed by atoms with Gasteiger partial charge in [-0.05, 0) is 37.5 Å². The van der Waals surface area contributed by atoms with Crippen LogP contribution in [0.15, 0.2) is 42.5 Å². The molecule has 3 heteroatoms. The van der Waals surface area contributed by atoms with Crippen LogP contribution in [0.5, 0.6) is 0 Å². The molecule has 0 spiro atoms. The van der Waals surface area contributed by atoms with Crippen LogP contribution in [0.3, 0.4) is 0 Å². The van der Waals surface area contributed by atoms with E-state index in [1.54, 1.807) is 0 Å². The molecule has 3 nitrogen and oxygen atoms in total. The van der Waals surface area contributed by atoms with E-state index < -0.39 is 0 Å². The molecule has 0 saturated carbocycles. The van der Waals surface area contributed by atoms with Crippen molar-refractivity contribution >= 4 is 11.8 Å². The molecule has 0 aromatic heterocycles. The minimum absolute atomic E-state index is 0.0718. The molecule has 1 atom stereocenters. The smallest absolute Gasteiger partial charge is 0.412 e. The Hall–Kier alpha value is -1.77. The average molecular weight is 217 g/mol. The van der Waals surface area contributed by atoms with Crippen LogP contribution in [0.2, 0.25) is 0 Å². The number of carbonyl (C=O) groups is 1. The van der Waals surface area contributed by atoms with Crippen LogP contribution in [0.4, 0.5) is 10.5 Å². The highest BCUT2D eigenvalue weighted by Crippen LogP contribution is 2.14. The predicted molar refractivity (Wildman–Crippen MR) is 63.3 cm³/mol. The van der Waals surface area contributed by atoms with Crippen LogP contribution in [-0.4, -0.2) is 12.2 Å². The molecule has 16 heavy (non-hydrogen) atoms. The van der Waals surface area contributed by atoms with Gasteiger partial charge in [0, 0.05) is 5.69 Å². The Morgan fingerprint density at radius 1 is 1.31 bits per heavy atom. The zero-order valence-corrected chi connectivity index (χ0v) is 9.06. The summed E-state index contributed by atoms with van der Waals surface area (Å²) in [4.78, 5) is 11.5. The highest BCUT2D eigenvalue weighted by atomic mass is 16.6. The average Bonchev–Trinajstić information content (AvgIpc) is 2.31. The topological polar surface area (TPSA) is 38.3 Å². The lowest BCUT2D eigenvalue weighted by Crippen LogP contribution is -2.22. The second-order valence-electron chi connectivity index (χ2n) is 3.79. The molecular weight excluding hydrogens is 202 g/mol. The number of anilines is 1. The first kappa shape index (κ1) is 10.7. The summed E-state index contributed by atoms with van der Waals surface area (Å²) >= 11 is 0. The Labute approximate surface area is 95.1 Å². The first-order valence-electron chi connectivity index (χ1n) is 5.54. The summed E-state index contributed by atoms with van der Waals surface area (Å²) in [5.74, 6) is 0. The van der Waals surface area contributed by atoms with Crippen molar-refractivity contribution in [3.8, 4) is 0 Å². The monoisotopic (exact) mass is 217 g/mol. The van der Waals surface area contributed by atoms with Crippen LogP contribution in [0.25, 0.3) is 0 Å². The number of hydrogen-bond acceptors (Lipinski definition) is 2. The van der Waals surface area contributed by atoms with Gasteiger partial charge < -0.3 is 4.74 Å². The van der Waals surface area contributed by atoms with Crippen LogP contribution in [0.1, 0.15) is 19.3 Å². The fourth-order valence-corrected chi connectivity index (χ4v) is 1.69. The van der Waals surface area contributed by atoms with E-state index in [4.69, 9.17) is 4.74 Å². The second-order valence-corrected chi connectivity index (χ2v) is 3.79. The summed E-state index contributed by atoms with van der Waals surface area (Å²) in [5, 5.41) is 2.69. The minimum atomic E-state index is -0.386. The lowest BCUT2D eigenvalue weighted by Gasteiger charge is -2.17. The number of carbonyl (C=O) groups excluding carboxylic acids is 1. The van der Waals surface area contributed by atoms with Crippen LogP contribution >= 0.6 is 0 Å². The van der Waals surface area contributed by atoms with Crippen LogP contribution in [0, 0.1) is 0 Å². The fraction of sp³-hybridized carbons (Fsp3) is 0.308. The Bertz CT molecular complexity index is 373. The van der Waals surface area contributed by atoms with E-state index in [1.165, 1.54) is 0 Å². The van der Waals surface area contributed by atoms with Gasteiger partial charge in [-0.25, -0.2) is 4.79 Å². The Balaban J connectivity index is 1.84. The van der Waals surface area contributed by atoms with Crippen LogP contribution in [-0.2, 0) is 4.74 Å². The van der Waals surface area contributed by atoms with Gasteiger partial charge in [-0.15, -0.1) is 0 Å². The quantitative estimate of drug-likeness (QED) is 0.771. The molecule has 0 aliphatic heterocycles. The van der Waals surface area contributed by atoms with Gasteiger partial charge in [-0.1, -0.05) is 24.3 Å². The lowest BCUT2D eigenvalue weighted by molar-refractivity contribution is 0.126. The van der Waals surface area contributed by atoms with Crippen molar-refractivity contribution in [3.63, 3.8) is 0 Å². The maximum Gasteiger partial charge on any atom is 0.412 e. The van der Waals surface area contributed by atoms with Gasteiger partial charge in [0.2, 0.25) is 0 Å². The Morgan fingerprint density at radius 3 is 2.81 bits per heavy atom. The van der Waals surface area contributed by atoms with E-state index in [0.29, 0.717) is 0 Å². The van der Waals surface area contributed by atoms with E-state index in [9.17, 15) is 4.79 Å². The van der Waals surface area contributed by atoms with Crippen molar-refractivity contribution in [2.75, 3.05) is 5.32 Å². The van der Waals surface area contributed by atoms with Gasteiger partial charge in [0.05, 0.1) is 0 Å². The van der Waals surface area contributed by atoms with E-state index in [-0.39, 0.29) is 12.2 Å². The van der Waals surface area contributed by atoms with Crippen molar-refractivity contribution in [1.82, 2.24) is 0 Å². The van der Waals surface area contributed by atoms with Crippen molar-refractivity contribution < 1.29 is 9.53 Å². The minimum Gasteiger partial charge on any atom is -0.442 e. The molecule has 0 bridgehead atoms. The number of allylic oxidation sites excluding steroid dienone is 1. The van der Waals surface area contributed by atoms with Gasteiger partial charge in [0.25, 0.3) is 0 Å². The molecule has 0 heterocycles. The molecule has 0 fully saturated rings. The standard InChI is InChI=1S/C13H15NO2/c15-13(14-11-7-3-1-4-8-11)16-12-9-5-2-6-10-12/h1,3-5,7-9,12H,2,6,10H2,(H,14,15)/t12-/m0/s1. The second kappa shape index (κ2) is 5.35. The van der Waals surface area contributed by atoms with Crippen molar-refractivity contribution in [2.45, 2.75) is 25.4 Å². The molecular formula is C13H15NO2. The summed E-state index contributed by atoms with van der Waals surface area (Å²) in [5.41, 5.74) is 0.757. The van der Waals surface area contributed by atoms with Crippen LogP contribution < -0.4 is 5.32 Å². The van der Waals surface area contributed by atoms with E-state index in [0.717, 1.165) is 24.9 Å². The largest absolute Gasteiger partial charge is 0.442 e. The highest BCUT2D eigenvalue weighted by molar-refractivity contribution is 5.84. The molecule has 0 unspecified atom stereocenters. The third-order valence-electron chi connectivity index (χ3n) is 2.49. The van der Waals surface area contributed by atoms with Crippen molar-refractivity contribution in [3.05, 3.63) is 42.5 Å². The molecule has 1 aromatic carbocycles. The first-order chi connectivity index (χ1) is 7.84. The summed E-state index contributed by atoms with van der Waals surface area (Å²) < 4.78 is 5.26. The van der Waals surface area contributed by atoms with E-state index in [1.807, 2.05) is 36.4 Å². The van der Waals surface area contributed by atoms with Gasteiger partial charge in [-0.3, -0.25) is 5.32 Å². The summed E-state index contributed by atoms with van der Waals surface area (Å²) in [6.07, 6.45) is 6.64. The third-order valence-corrected chi connectivity index (χ3v) is 2.49. The zero-order valence-electron chi connectivity index (χ0n) is 9.06. The van der Waals surface area contributed by atoms with E-state index in [2.05, 4.69) is 11.4 Å². The summed E-state index contributed by atoms with van der Waals surface area (Å²) in [6, 6.07) is 9.31. The first-order valence-corrected chi connectivity index (χ1v) is 5.54. The number of ether oxygens (including phenoxy) is 1. The Kier molecular flexibility index (Phi) is 3.59. The maximum atomic E-state index is 11.5. The molecule has 84 valence electrons. The van der Waals surface area contributed by atoms with Gasteiger partial charge in [0.15, 0.2) is 0 Å². The number of amides is 1. The number of rotatable bonds is 2. The zero-order chi connectivity index (χ0) is 11.2. The normalized spacial score (nSPS) is 19.1. The molecule has 0 radical (unpaired) electrons. The van der Waals surface area contributed by atoms with Gasteiger partial charge in [-0.2, -0.15) is 0 Å². The Morgan fingerprint density at radius 2 is 2.12 bits per heavy atom. The summed E-state index contributed by atoms with van der Waals surface area (Å²) in [7, 11) is 0. The molecule has 1 aliphatic rings. The third kappa shape index (κ3) is 3.12. The fourth-order valence-electron chi connectivity index (χ4n) is 1.69. The molecule has 2 rings (SSSR count). The lowest BCUT2D eigenvalue weighted by atomic mass is 10.1. The predicted octanol–water partition coefficient (Wildman–Crippen LogP) is 3.34.